The van der Waals surface area contributed by atoms with Crippen LogP contribution in [0.5, 0.6) is 0 Å². The Morgan fingerprint density at radius 3 is 2.13 bits per heavy atom. The molecule has 0 radical (unpaired) electrons. The van der Waals surface area contributed by atoms with Gasteiger partial charge in [-0.15, -0.1) is 0 Å². The van der Waals surface area contributed by atoms with Crippen molar-refractivity contribution in [2.24, 2.45) is 0 Å². The van der Waals surface area contributed by atoms with E-state index in [2.05, 4.69) is 0 Å². The van der Waals surface area contributed by atoms with Crippen LogP contribution in [-0.2, 0) is 20.0 Å². The van der Waals surface area contributed by atoms with Crippen LogP contribution in [-0.4, -0.2) is 26.3 Å². The van der Waals surface area contributed by atoms with Crippen LogP contribution in [0.15, 0.2) is 57.2 Å². The van der Waals surface area contributed by atoms with Gasteiger partial charge in [-0.3, -0.25) is 14.7 Å². The summed E-state index contributed by atoms with van der Waals surface area (Å²) in [4.78, 5) is 7.93. The number of hydrogen-bond donors (Lipinski definition) is 1. The Bertz CT molecular complexity index is 995. The highest BCUT2D eigenvalue weighted by molar-refractivity contribution is 7.93. The van der Waals surface area contributed by atoms with E-state index in [0.717, 1.165) is 24.3 Å². The van der Waals surface area contributed by atoms with E-state index < -0.39 is 45.3 Å². The molecule has 2 aromatic rings. The summed E-state index contributed by atoms with van der Waals surface area (Å²) in [6, 6.07) is 7.87. The fraction of sp³-hybridized carbons (Fsp3) is 0.0769. The van der Waals surface area contributed by atoms with Crippen LogP contribution in [0.3, 0.4) is 0 Å². The number of nitro benzene ring substituents is 1. The van der Waals surface area contributed by atoms with E-state index in [4.69, 9.17) is 0 Å². The number of para-hydroxylation sites is 1. The number of rotatable bonds is 4. The third-order valence-electron chi connectivity index (χ3n) is 3.02. The summed E-state index contributed by atoms with van der Waals surface area (Å²) in [5, 5.41) is 11.0. The van der Waals surface area contributed by atoms with Crippen LogP contribution < -0.4 is 0 Å². The first-order chi connectivity index (χ1) is 10.5. The second kappa shape index (κ2) is 5.72. The third-order valence-corrected chi connectivity index (χ3v) is 5.90. The molecule has 0 heterocycles. The Kier molecular flexibility index (Phi) is 4.24. The summed E-state index contributed by atoms with van der Waals surface area (Å²) >= 11 is 0. The predicted molar refractivity (Wildman–Crippen MR) is 79.5 cm³/mol. The molecule has 0 saturated carbocycles. The molecule has 8 nitrogen and oxygen atoms in total. The summed E-state index contributed by atoms with van der Waals surface area (Å²) in [6.07, 6.45) is 0. The molecular weight excluding hydrogens is 346 g/mol. The third kappa shape index (κ3) is 3.23. The fourth-order valence-electron chi connectivity index (χ4n) is 1.99. The highest BCUT2D eigenvalue weighted by atomic mass is 32.2. The molecule has 0 amide bonds. The maximum absolute atomic E-state index is 12.7. The van der Waals surface area contributed by atoms with Crippen LogP contribution in [0, 0.1) is 17.0 Å². The average molecular weight is 357 g/mol. The van der Waals surface area contributed by atoms with E-state index in [1.54, 1.807) is 0 Å². The lowest BCUT2D eigenvalue weighted by Crippen LogP contribution is -2.11. The SMILES string of the molecule is Cc1ccc(S(=O)(=O)c2ccccc2[N+](=O)[O-])c(S(=O)(=O)O)c1. The standard InChI is InChI=1S/C13H11NO7S2/c1-9-6-7-12(13(8-9)23(19,20)21)22(17,18)11-5-3-2-4-10(11)14(15)16/h2-8H,1H3,(H,19,20,21). The van der Waals surface area contributed by atoms with E-state index in [0.29, 0.717) is 5.56 Å². The molecule has 2 rings (SSSR count). The van der Waals surface area contributed by atoms with Crippen molar-refractivity contribution in [2.75, 3.05) is 0 Å². The van der Waals surface area contributed by atoms with Crippen molar-refractivity contribution in [3.63, 3.8) is 0 Å². The summed E-state index contributed by atoms with van der Waals surface area (Å²) in [5.41, 5.74) is -0.284. The van der Waals surface area contributed by atoms with Crippen molar-refractivity contribution >= 4 is 25.6 Å². The van der Waals surface area contributed by atoms with Gasteiger partial charge in [-0.2, -0.15) is 8.42 Å². The van der Waals surface area contributed by atoms with Gasteiger partial charge in [0.15, 0.2) is 0 Å². The molecule has 0 fully saturated rings. The molecule has 122 valence electrons. The van der Waals surface area contributed by atoms with Crippen molar-refractivity contribution in [1.82, 2.24) is 0 Å². The minimum Gasteiger partial charge on any atom is -0.282 e. The highest BCUT2D eigenvalue weighted by Gasteiger charge is 2.32. The second-order valence-electron chi connectivity index (χ2n) is 4.65. The zero-order chi connectivity index (χ0) is 17.4. The number of sulfone groups is 1. The lowest BCUT2D eigenvalue weighted by Gasteiger charge is -2.10. The molecule has 0 spiro atoms. The van der Waals surface area contributed by atoms with Gasteiger partial charge in [0, 0.05) is 6.07 Å². The minimum absolute atomic E-state index is 0.402. The average Bonchev–Trinajstić information content (AvgIpc) is 2.46. The Hall–Kier alpha value is -2.30. The Morgan fingerprint density at radius 2 is 1.57 bits per heavy atom. The first-order valence-electron chi connectivity index (χ1n) is 6.12. The molecule has 0 aliphatic heterocycles. The van der Waals surface area contributed by atoms with Gasteiger partial charge in [-0.25, -0.2) is 8.42 Å². The van der Waals surface area contributed by atoms with Gasteiger partial charge in [0.1, 0.15) is 9.79 Å². The van der Waals surface area contributed by atoms with E-state index in [-0.39, 0.29) is 0 Å². The molecule has 0 saturated heterocycles. The van der Waals surface area contributed by atoms with Gasteiger partial charge in [-0.05, 0) is 30.7 Å². The molecular formula is C13H11NO7S2. The summed E-state index contributed by atoms with van der Waals surface area (Å²) in [6.45, 7) is 1.51. The molecule has 0 atom stereocenters. The smallest absolute Gasteiger partial charge is 0.282 e. The monoisotopic (exact) mass is 357 g/mol. The lowest BCUT2D eigenvalue weighted by molar-refractivity contribution is -0.387. The van der Waals surface area contributed by atoms with Crippen LogP contribution in [0.25, 0.3) is 0 Å². The Labute approximate surface area is 132 Å². The molecule has 0 bridgehead atoms. The van der Waals surface area contributed by atoms with E-state index >= 15 is 0 Å². The predicted octanol–water partition coefficient (Wildman–Crippen LogP) is 1.98. The highest BCUT2D eigenvalue weighted by Crippen LogP contribution is 2.32. The maximum atomic E-state index is 12.7. The fourth-order valence-corrected chi connectivity index (χ4v) is 4.78. The maximum Gasteiger partial charge on any atom is 0.295 e. The number of aryl methyl sites for hydroxylation is 1. The Balaban J connectivity index is 2.85. The number of hydrogen-bond acceptors (Lipinski definition) is 6. The normalized spacial score (nSPS) is 12.1. The molecule has 23 heavy (non-hydrogen) atoms. The molecule has 1 N–H and O–H groups in total. The molecule has 10 heteroatoms. The van der Waals surface area contributed by atoms with Crippen LogP contribution in [0.1, 0.15) is 5.56 Å². The zero-order valence-corrected chi connectivity index (χ0v) is 13.3. The van der Waals surface area contributed by atoms with Gasteiger partial charge in [-0.1, -0.05) is 18.2 Å². The zero-order valence-electron chi connectivity index (χ0n) is 11.7. The van der Waals surface area contributed by atoms with Crippen molar-refractivity contribution in [1.29, 1.82) is 0 Å². The first kappa shape index (κ1) is 17.1. The van der Waals surface area contributed by atoms with Crippen LogP contribution in [0.4, 0.5) is 5.69 Å². The lowest BCUT2D eigenvalue weighted by atomic mass is 10.2. The minimum atomic E-state index is -4.83. The van der Waals surface area contributed by atoms with E-state index in [1.807, 2.05) is 0 Å². The van der Waals surface area contributed by atoms with Gasteiger partial charge in [0.05, 0.1) is 9.82 Å². The summed E-state index contributed by atoms with van der Waals surface area (Å²) in [7, 11) is -9.36. The van der Waals surface area contributed by atoms with Crippen molar-refractivity contribution in [3.05, 3.63) is 58.1 Å². The summed E-state index contributed by atoms with van der Waals surface area (Å²) < 4.78 is 57.5. The van der Waals surface area contributed by atoms with Gasteiger partial charge in [0.2, 0.25) is 9.84 Å². The van der Waals surface area contributed by atoms with Crippen LogP contribution in [0.2, 0.25) is 0 Å². The van der Waals surface area contributed by atoms with E-state index in [9.17, 15) is 31.5 Å². The number of nitrogens with zero attached hydrogens (tertiary/aromatic N) is 1. The molecule has 2 aromatic carbocycles. The van der Waals surface area contributed by atoms with Crippen molar-refractivity contribution < 1.29 is 26.3 Å². The Morgan fingerprint density at radius 1 is 0.957 bits per heavy atom. The number of benzene rings is 2. The first-order valence-corrected chi connectivity index (χ1v) is 9.04. The quantitative estimate of drug-likeness (QED) is 0.502. The van der Waals surface area contributed by atoms with Gasteiger partial charge >= 0.3 is 0 Å². The van der Waals surface area contributed by atoms with Gasteiger partial charge < -0.3 is 0 Å². The summed E-state index contributed by atoms with van der Waals surface area (Å²) in [5.74, 6) is 0. The van der Waals surface area contributed by atoms with Crippen molar-refractivity contribution in [2.45, 2.75) is 21.6 Å². The molecule has 0 unspecified atom stereocenters. The molecule has 0 aliphatic carbocycles. The topological polar surface area (TPSA) is 132 Å². The largest absolute Gasteiger partial charge is 0.295 e. The molecule has 0 aromatic heterocycles. The molecule has 0 aliphatic rings. The number of nitro groups is 1. The van der Waals surface area contributed by atoms with Crippen molar-refractivity contribution in [3.8, 4) is 0 Å². The van der Waals surface area contributed by atoms with Crippen LogP contribution >= 0.6 is 0 Å². The van der Waals surface area contributed by atoms with E-state index in [1.165, 1.54) is 25.1 Å². The second-order valence-corrected chi connectivity index (χ2v) is 7.93. The van der Waals surface area contributed by atoms with Gasteiger partial charge in [0.25, 0.3) is 15.8 Å².